The summed E-state index contributed by atoms with van der Waals surface area (Å²) in [5.41, 5.74) is 0.902. The summed E-state index contributed by atoms with van der Waals surface area (Å²) in [6.07, 6.45) is -2.27. The third-order valence-electron chi connectivity index (χ3n) is 5.90. The van der Waals surface area contributed by atoms with E-state index >= 15 is 0 Å². The van der Waals surface area contributed by atoms with Crippen LogP contribution in [0, 0.1) is 0 Å². The first kappa shape index (κ1) is 22.0. The van der Waals surface area contributed by atoms with E-state index in [1.807, 2.05) is 30.3 Å². The summed E-state index contributed by atoms with van der Waals surface area (Å²) >= 11 is 0. The van der Waals surface area contributed by atoms with Gasteiger partial charge in [-0.15, -0.1) is 0 Å². The van der Waals surface area contributed by atoms with E-state index in [2.05, 4.69) is 39.2 Å². The Hall–Kier alpha value is -1.74. The number of amides is 1. The standard InChI is InChI=1S/C21H31NO6Si/c1-13(23)22-16-18(28-29(5,6)21(2,3)4)17(27-19(16)24)15-12-25-20(26-15)14-10-8-7-9-11-14/h7-11,15-18,20H,12H2,1-6H3,(H,22,23)/t15-,16+,17-,18-,20?/m1/s1. The average molecular weight is 422 g/mol. The van der Waals surface area contributed by atoms with Crippen molar-refractivity contribution in [3.05, 3.63) is 35.9 Å². The lowest BCUT2D eigenvalue weighted by Gasteiger charge is -2.40. The van der Waals surface area contributed by atoms with Crippen molar-refractivity contribution in [2.24, 2.45) is 0 Å². The van der Waals surface area contributed by atoms with E-state index in [9.17, 15) is 9.59 Å². The summed E-state index contributed by atoms with van der Waals surface area (Å²) in [5, 5.41) is 2.63. The van der Waals surface area contributed by atoms with Gasteiger partial charge in [0.2, 0.25) is 5.91 Å². The molecule has 2 aliphatic rings. The van der Waals surface area contributed by atoms with Crippen LogP contribution in [0.1, 0.15) is 39.5 Å². The normalized spacial score (nSPS) is 30.3. The van der Waals surface area contributed by atoms with Gasteiger partial charge in [-0.3, -0.25) is 4.79 Å². The molecule has 7 nitrogen and oxygen atoms in total. The first-order chi connectivity index (χ1) is 13.5. The van der Waals surface area contributed by atoms with E-state index in [-0.39, 0.29) is 17.6 Å². The molecular formula is C21H31NO6Si. The zero-order valence-corrected chi connectivity index (χ0v) is 18.9. The Morgan fingerprint density at radius 1 is 1.21 bits per heavy atom. The van der Waals surface area contributed by atoms with Crippen LogP contribution in [0.3, 0.4) is 0 Å². The van der Waals surface area contributed by atoms with Crippen LogP contribution in [-0.4, -0.2) is 51.2 Å². The van der Waals surface area contributed by atoms with Crippen molar-refractivity contribution < 1.29 is 28.2 Å². The van der Waals surface area contributed by atoms with Gasteiger partial charge in [0.05, 0.1) is 6.61 Å². The highest BCUT2D eigenvalue weighted by atomic mass is 28.4. The molecule has 2 fully saturated rings. The molecular weight excluding hydrogens is 390 g/mol. The summed E-state index contributed by atoms with van der Waals surface area (Å²) in [7, 11) is -2.25. The molecule has 1 aromatic rings. The number of carbonyl (C=O) groups is 2. The van der Waals surface area contributed by atoms with Crippen LogP contribution in [0.5, 0.6) is 0 Å². The van der Waals surface area contributed by atoms with E-state index in [0.717, 1.165) is 5.56 Å². The molecule has 0 aromatic heterocycles. The molecule has 0 spiro atoms. The number of hydrogen-bond acceptors (Lipinski definition) is 6. The lowest BCUT2D eigenvalue weighted by atomic mass is 10.0. The van der Waals surface area contributed by atoms with Crippen LogP contribution in [-0.2, 0) is 28.2 Å². The molecule has 5 atom stereocenters. The molecule has 3 rings (SSSR count). The molecule has 0 radical (unpaired) electrons. The van der Waals surface area contributed by atoms with Crippen molar-refractivity contribution in [3.8, 4) is 0 Å². The number of benzene rings is 1. The third kappa shape index (κ3) is 4.71. The molecule has 0 saturated carbocycles. The van der Waals surface area contributed by atoms with Gasteiger partial charge in [0.25, 0.3) is 0 Å². The molecule has 1 aromatic carbocycles. The number of rotatable bonds is 5. The number of nitrogens with one attached hydrogen (secondary N) is 1. The van der Waals surface area contributed by atoms with Gasteiger partial charge in [-0.2, -0.15) is 0 Å². The largest absolute Gasteiger partial charge is 0.455 e. The molecule has 2 saturated heterocycles. The van der Waals surface area contributed by atoms with Crippen molar-refractivity contribution >= 4 is 20.2 Å². The van der Waals surface area contributed by atoms with Gasteiger partial charge in [-0.25, -0.2) is 4.79 Å². The Bertz CT molecular complexity index is 747. The Morgan fingerprint density at radius 3 is 2.45 bits per heavy atom. The molecule has 160 valence electrons. The van der Waals surface area contributed by atoms with Gasteiger partial charge in [-0.1, -0.05) is 51.1 Å². The van der Waals surface area contributed by atoms with Crippen LogP contribution in [0.15, 0.2) is 30.3 Å². The fourth-order valence-corrected chi connectivity index (χ4v) is 4.58. The van der Waals surface area contributed by atoms with E-state index < -0.39 is 44.9 Å². The molecule has 0 aliphatic carbocycles. The van der Waals surface area contributed by atoms with Crippen LogP contribution >= 0.6 is 0 Å². The van der Waals surface area contributed by atoms with Crippen LogP contribution in [0.25, 0.3) is 0 Å². The Labute approximate surface area is 173 Å². The molecule has 2 aliphatic heterocycles. The predicted molar refractivity (Wildman–Crippen MR) is 110 cm³/mol. The maximum Gasteiger partial charge on any atom is 0.331 e. The molecule has 29 heavy (non-hydrogen) atoms. The predicted octanol–water partition coefficient (Wildman–Crippen LogP) is 2.92. The van der Waals surface area contributed by atoms with Gasteiger partial charge in [-0.05, 0) is 18.1 Å². The number of hydrogen-bond donors (Lipinski definition) is 1. The Kier molecular flexibility index (Phi) is 6.19. The summed E-state index contributed by atoms with van der Waals surface area (Å²) in [4.78, 5) is 24.3. The lowest BCUT2D eigenvalue weighted by molar-refractivity contribution is -0.150. The van der Waals surface area contributed by atoms with Crippen LogP contribution < -0.4 is 5.32 Å². The summed E-state index contributed by atoms with van der Waals surface area (Å²) in [6.45, 7) is 12.2. The van der Waals surface area contributed by atoms with Crippen LogP contribution in [0.4, 0.5) is 0 Å². The Morgan fingerprint density at radius 2 is 1.86 bits per heavy atom. The quantitative estimate of drug-likeness (QED) is 0.581. The smallest absolute Gasteiger partial charge is 0.331 e. The number of carbonyl (C=O) groups excluding carboxylic acids is 2. The van der Waals surface area contributed by atoms with Crippen molar-refractivity contribution in [3.63, 3.8) is 0 Å². The molecule has 8 heteroatoms. The first-order valence-corrected chi connectivity index (χ1v) is 12.9. The van der Waals surface area contributed by atoms with Gasteiger partial charge >= 0.3 is 5.97 Å². The minimum atomic E-state index is -2.25. The second kappa shape index (κ2) is 8.18. The minimum Gasteiger partial charge on any atom is -0.455 e. The first-order valence-electron chi connectivity index (χ1n) is 9.97. The SMILES string of the molecule is CC(=O)N[C@@H]1C(=O)O[C@H]([C@H]2COC(c3ccccc3)O2)[C@@H]1O[Si](C)(C)C(C)(C)C. The monoisotopic (exact) mass is 421 g/mol. The highest BCUT2D eigenvalue weighted by molar-refractivity contribution is 6.74. The van der Waals surface area contributed by atoms with Crippen molar-refractivity contribution in [2.45, 2.75) is 76.5 Å². The summed E-state index contributed by atoms with van der Waals surface area (Å²) < 4.78 is 24.1. The van der Waals surface area contributed by atoms with E-state index in [0.29, 0.717) is 0 Å². The molecule has 1 unspecified atom stereocenters. The zero-order valence-electron chi connectivity index (χ0n) is 17.9. The molecule has 1 N–H and O–H groups in total. The molecule has 0 bridgehead atoms. The average Bonchev–Trinajstić information content (AvgIpc) is 3.21. The summed E-state index contributed by atoms with van der Waals surface area (Å²) in [5.74, 6) is -0.803. The maximum atomic E-state index is 12.6. The van der Waals surface area contributed by atoms with Gasteiger partial charge in [0.15, 0.2) is 26.8 Å². The summed E-state index contributed by atoms with van der Waals surface area (Å²) in [6, 6.07) is 8.76. The van der Waals surface area contributed by atoms with E-state index in [4.69, 9.17) is 18.6 Å². The van der Waals surface area contributed by atoms with E-state index in [1.165, 1.54) is 6.92 Å². The zero-order chi connectivity index (χ0) is 21.4. The van der Waals surface area contributed by atoms with Crippen LogP contribution in [0.2, 0.25) is 18.1 Å². The molecule has 1 amide bonds. The second-order valence-electron chi connectivity index (χ2n) is 9.17. The number of cyclic esters (lactones) is 1. The Balaban J connectivity index is 1.82. The van der Waals surface area contributed by atoms with Gasteiger partial charge in [0, 0.05) is 12.5 Å². The fraction of sp³-hybridized carbons (Fsp3) is 0.619. The third-order valence-corrected chi connectivity index (χ3v) is 10.4. The van der Waals surface area contributed by atoms with E-state index in [1.54, 1.807) is 0 Å². The fourth-order valence-electron chi connectivity index (χ4n) is 3.27. The highest BCUT2D eigenvalue weighted by Crippen LogP contribution is 2.41. The lowest BCUT2D eigenvalue weighted by Crippen LogP contribution is -2.55. The van der Waals surface area contributed by atoms with Gasteiger partial charge < -0.3 is 24.0 Å². The van der Waals surface area contributed by atoms with Crippen molar-refractivity contribution in [1.82, 2.24) is 5.32 Å². The van der Waals surface area contributed by atoms with Crippen molar-refractivity contribution in [2.75, 3.05) is 6.61 Å². The topological polar surface area (TPSA) is 83.1 Å². The number of ether oxygens (including phenoxy) is 3. The second-order valence-corrected chi connectivity index (χ2v) is 13.9. The van der Waals surface area contributed by atoms with Crippen molar-refractivity contribution in [1.29, 1.82) is 0 Å². The maximum absolute atomic E-state index is 12.6. The molecule has 2 heterocycles. The van der Waals surface area contributed by atoms with Gasteiger partial charge in [0.1, 0.15) is 12.2 Å². The highest BCUT2D eigenvalue weighted by Gasteiger charge is 2.55. The minimum absolute atomic E-state index is 0.0659. The number of esters is 1.